The standard InChI is InChI=1S/C20H25N5O4/c1-4-29-20(27)25-10-8-24(9-11-25)19-21-14(2)12-17(23-19)18(26)22-15-6-5-7-16(13-15)28-3/h5-7,12-13H,4,8-11H2,1-3H3,(H,22,26). The van der Waals surface area contributed by atoms with Crippen molar-refractivity contribution in [1.82, 2.24) is 14.9 Å². The number of nitrogens with one attached hydrogen (secondary N) is 1. The number of benzene rings is 1. The van der Waals surface area contributed by atoms with Crippen LogP contribution in [0, 0.1) is 6.92 Å². The van der Waals surface area contributed by atoms with Crippen molar-refractivity contribution in [1.29, 1.82) is 0 Å². The van der Waals surface area contributed by atoms with Gasteiger partial charge in [0, 0.05) is 43.6 Å². The fourth-order valence-corrected chi connectivity index (χ4v) is 3.01. The van der Waals surface area contributed by atoms with Crippen molar-refractivity contribution in [3.8, 4) is 5.75 Å². The average molecular weight is 399 g/mol. The Morgan fingerprint density at radius 3 is 2.59 bits per heavy atom. The molecule has 1 fully saturated rings. The number of carbonyl (C=O) groups is 2. The zero-order valence-corrected chi connectivity index (χ0v) is 16.8. The Hall–Kier alpha value is -3.36. The highest BCUT2D eigenvalue weighted by Gasteiger charge is 2.24. The summed E-state index contributed by atoms with van der Waals surface area (Å²) < 4.78 is 10.2. The molecule has 0 bridgehead atoms. The molecule has 1 saturated heterocycles. The summed E-state index contributed by atoms with van der Waals surface area (Å²) in [7, 11) is 1.57. The number of hydrogen-bond donors (Lipinski definition) is 1. The van der Waals surface area contributed by atoms with Crippen LogP contribution in [0.1, 0.15) is 23.1 Å². The number of aromatic nitrogens is 2. The van der Waals surface area contributed by atoms with Crippen LogP contribution < -0.4 is 15.0 Å². The van der Waals surface area contributed by atoms with Crippen molar-refractivity contribution in [2.45, 2.75) is 13.8 Å². The summed E-state index contributed by atoms with van der Waals surface area (Å²) in [5, 5.41) is 2.83. The molecule has 1 aliphatic heterocycles. The molecule has 0 spiro atoms. The van der Waals surface area contributed by atoms with Gasteiger partial charge in [-0.25, -0.2) is 14.8 Å². The van der Waals surface area contributed by atoms with E-state index in [-0.39, 0.29) is 17.7 Å². The van der Waals surface area contributed by atoms with E-state index in [1.165, 1.54) is 0 Å². The Balaban J connectivity index is 1.70. The van der Waals surface area contributed by atoms with Crippen molar-refractivity contribution in [2.75, 3.05) is 50.1 Å². The summed E-state index contributed by atoms with van der Waals surface area (Å²) in [6.45, 7) is 6.13. The van der Waals surface area contributed by atoms with E-state index >= 15 is 0 Å². The summed E-state index contributed by atoms with van der Waals surface area (Å²) in [5.74, 6) is 0.807. The van der Waals surface area contributed by atoms with Gasteiger partial charge in [-0.15, -0.1) is 0 Å². The molecule has 2 amide bonds. The van der Waals surface area contributed by atoms with E-state index in [4.69, 9.17) is 9.47 Å². The zero-order chi connectivity index (χ0) is 20.8. The number of ether oxygens (including phenoxy) is 2. The third kappa shape index (κ3) is 5.13. The Morgan fingerprint density at radius 1 is 1.14 bits per heavy atom. The molecule has 1 aliphatic rings. The largest absolute Gasteiger partial charge is 0.497 e. The van der Waals surface area contributed by atoms with E-state index < -0.39 is 0 Å². The highest BCUT2D eigenvalue weighted by atomic mass is 16.6. The van der Waals surface area contributed by atoms with Gasteiger partial charge in [-0.05, 0) is 32.0 Å². The van der Waals surface area contributed by atoms with Crippen LogP contribution >= 0.6 is 0 Å². The lowest BCUT2D eigenvalue weighted by molar-refractivity contribution is 0.102. The highest BCUT2D eigenvalue weighted by molar-refractivity contribution is 6.03. The third-order valence-corrected chi connectivity index (χ3v) is 4.49. The monoisotopic (exact) mass is 399 g/mol. The molecule has 0 atom stereocenters. The van der Waals surface area contributed by atoms with Crippen LogP contribution in [0.2, 0.25) is 0 Å². The molecule has 1 N–H and O–H groups in total. The smallest absolute Gasteiger partial charge is 0.409 e. The molecule has 9 nitrogen and oxygen atoms in total. The van der Waals surface area contributed by atoms with Gasteiger partial charge >= 0.3 is 6.09 Å². The van der Waals surface area contributed by atoms with Crippen LogP contribution in [0.5, 0.6) is 5.75 Å². The van der Waals surface area contributed by atoms with Gasteiger partial charge < -0.3 is 24.6 Å². The number of anilines is 2. The molecule has 1 aromatic heterocycles. The van der Waals surface area contributed by atoms with E-state index in [9.17, 15) is 9.59 Å². The van der Waals surface area contributed by atoms with E-state index in [0.29, 0.717) is 55.9 Å². The van der Waals surface area contributed by atoms with Crippen molar-refractivity contribution in [3.05, 3.63) is 41.7 Å². The molecule has 2 heterocycles. The summed E-state index contributed by atoms with van der Waals surface area (Å²) in [4.78, 5) is 37.1. The number of carbonyl (C=O) groups excluding carboxylic acids is 2. The lowest BCUT2D eigenvalue weighted by atomic mass is 10.2. The average Bonchev–Trinajstić information content (AvgIpc) is 2.73. The van der Waals surface area contributed by atoms with Gasteiger partial charge in [-0.3, -0.25) is 4.79 Å². The predicted molar refractivity (Wildman–Crippen MR) is 109 cm³/mol. The first-order chi connectivity index (χ1) is 14.0. The first-order valence-corrected chi connectivity index (χ1v) is 9.48. The maximum absolute atomic E-state index is 12.7. The van der Waals surface area contributed by atoms with Gasteiger partial charge in [0.1, 0.15) is 11.4 Å². The fraction of sp³-hybridized carbons (Fsp3) is 0.400. The van der Waals surface area contributed by atoms with Crippen LogP contribution in [0.3, 0.4) is 0 Å². The van der Waals surface area contributed by atoms with Crippen molar-refractivity contribution >= 4 is 23.6 Å². The second kappa shape index (κ2) is 9.22. The minimum absolute atomic E-state index is 0.281. The second-order valence-electron chi connectivity index (χ2n) is 6.55. The van der Waals surface area contributed by atoms with Gasteiger partial charge in [0.05, 0.1) is 13.7 Å². The number of aryl methyl sites for hydroxylation is 1. The molecule has 29 heavy (non-hydrogen) atoms. The van der Waals surface area contributed by atoms with Gasteiger partial charge in [0.15, 0.2) is 0 Å². The quantitative estimate of drug-likeness (QED) is 0.824. The summed E-state index contributed by atoms with van der Waals surface area (Å²) >= 11 is 0. The van der Waals surface area contributed by atoms with Gasteiger partial charge in [0.2, 0.25) is 5.95 Å². The Kier molecular flexibility index (Phi) is 6.48. The lowest BCUT2D eigenvalue weighted by Crippen LogP contribution is -2.49. The fourth-order valence-electron chi connectivity index (χ4n) is 3.01. The van der Waals surface area contributed by atoms with Crippen molar-refractivity contribution in [3.63, 3.8) is 0 Å². The molecule has 0 saturated carbocycles. The summed E-state index contributed by atoms with van der Waals surface area (Å²) in [6.07, 6.45) is -0.310. The van der Waals surface area contributed by atoms with Gasteiger partial charge in [0.25, 0.3) is 5.91 Å². The van der Waals surface area contributed by atoms with Gasteiger partial charge in [-0.1, -0.05) is 6.07 Å². The number of amides is 2. The lowest BCUT2D eigenvalue weighted by Gasteiger charge is -2.34. The van der Waals surface area contributed by atoms with Crippen molar-refractivity contribution < 1.29 is 19.1 Å². The molecule has 3 rings (SSSR count). The molecule has 2 aromatic rings. The van der Waals surface area contributed by atoms with Crippen LogP contribution in [0.15, 0.2) is 30.3 Å². The maximum atomic E-state index is 12.7. The zero-order valence-electron chi connectivity index (χ0n) is 16.8. The minimum atomic E-state index is -0.324. The highest BCUT2D eigenvalue weighted by Crippen LogP contribution is 2.18. The molecule has 9 heteroatoms. The summed E-state index contributed by atoms with van der Waals surface area (Å²) in [5.41, 5.74) is 1.59. The van der Waals surface area contributed by atoms with Crippen LogP contribution in [0.25, 0.3) is 0 Å². The Bertz CT molecular complexity index is 881. The number of piperazine rings is 1. The number of nitrogens with zero attached hydrogens (tertiary/aromatic N) is 4. The van der Waals surface area contributed by atoms with Crippen LogP contribution in [-0.2, 0) is 4.74 Å². The van der Waals surface area contributed by atoms with E-state index in [2.05, 4.69) is 15.3 Å². The van der Waals surface area contributed by atoms with Crippen molar-refractivity contribution in [2.24, 2.45) is 0 Å². The molecular formula is C20H25N5O4. The van der Waals surface area contributed by atoms with E-state index in [1.54, 1.807) is 49.3 Å². The second-order valence-corrected chi connectivity index (χ2v) is 6.55. The van der Waals surface area contributed by atoms with Gasteiger partial charge in [-0.2, -0.15) is 0 Å². The number of methoxy groups -OCH3 is 1. The molecule has 154 valence electrons. The first kappa shape index (κ1) is 20.4. The topological polar surface area (TPSA) is 96.9 Å². The van der Waals surface area contributed by atoms with E-state index in [0.717, 1.165) is 0 Å². The molecule has 0 unspecified atom stereocenters. The van der Waals surface area contributed by atoms with E-state index in [1.807, 2.05) is 11.8 Å². The SMILES string of the molecule is CCOC(=O)N1CCN(c2nc(C)cc(C(=O)Nc3cccc(OC)c3)n2)CC1. The molecule has 0 aliphatic carbocycles. The maximum Gasteiger partial charge on any atom is 0.409 e. The Labute approximate surface area is 169 Å². The van der Waals surface area contributed by atoms with Crippen LogP contribution in [-0.4, -0.2) is 66.8 Å². The third-order valence-electron chi connectivity index (χ3n) is 4.49. The predicted octanol–water partition coefficient (Wildman–Crippen LogP) is 2.32. The summed E-state index contributed by atoms with van der Waals surface area (Å²) in [6, 6.07) is 8.77. The Morgan fingerprint density at radius 2 is 1.90 bits per heavy atom. The first-order valence-electron chi connectivity index (χ1n) is 9.48. The molecule has 0 radical (unpaired) electrons. The molecule has 1 aromatic carbocycles. The normalized spacial score (nSPS) is 13.8. The number of hydrogen-bond acceptors (Lipinski definition) is 7. The number of rotatable bonds is 5. The molecular weight excluding hydrogens is 374 g/mol. The van der Waals surface area contributed by atoms with Crippen LogP contribution in [0.4, 0.5) is 16.4 Å². The minimum Gasteiger partial charge on any atom is -0.497 e.